The summed E-state index contributed by atoms with van der Waals surface area (Å²) < 4.78 is 68.9. The summed E-state index contributed by atoms with van der Waals surface area (Å²) in [5.41, 5.74) is -1.76. The maximum atomic E-state index is 13.4. The average molecular weight is 299 g/mol. The Morgan fingerprint density at radius 2 is 1.71 bits per heavy atom. The molecule has 2 aromatic carbocycles. The summed E-state index contributed by atoms with van der Waals surface area (Å²) in [5.74, 6) is -2.34. The van der Waals surface area contributed by atoms with E-state index in [1.165, 1.54) is 6.07 Å². The van der Waals surface area contributed by atoms with Crippen LogP contribution in [0.4, 0.5) is 22.0 Å². The van der Waals surface area contributed by atoms with Crippen LogP contribution in [0.1, 0.15) is 11.1 Å². The molecule has 0 radical (unpaired) electrons. The van der Waals surface area contributed by atoms with Crippen LogP contribution in [0.2, 0.25) is 0 Å². The Morgan fingerprint density at radius 3 is 2.29 bits per heavy atom. The highest BCUT2D eigenvalue weighted by atomic mass is 19.4. The summed E-state index contributed by atoms with van der Waals surface area (Å²) in [7, 11) is 0. The summed E-state index contributed by atoms with van der Waals surface area (Å²) in [6, 6.07) is 6.36. The summed E-state index contributed by atoms with van der Waals surface area (Å²) in [5, 5.41) is 8.73. The number of halogens is 5. The molecule has 2 rings (SSSR count). The van der Waals surface area contributed by atoms with Gasteiger partial charge in [0.25, 0.3) is 0 Å². The number of ether oxygens (including phenoxy) is 1. The number of hydrogen-bond acceptors (Lipinski definition) is 2. The van der Waals surface area contributed by atoms with Crippen molar-refractivity contribution in [2.24, 2.45) is 0 Å². The average Bonchev–Trinajstić information content (AvgIpc) is 2.40. The third-order valence-electron chi connectivity index (χ3n) is 2.54. The Hall–Kier alpha value is -2.62. The molecule has 0 saturated heterocycles. The van der Waals surface area contributed by atoms with E-state index >= 15 is 0 Å². The van der Waals surface area contributed by atoms with Gasteiger partial charge < -0.3 is 4.74 Å². The highest BCUT2D eigenvalue weighted by molar-refractivity contribution is 5.46. The number of nitrogens with zero attached hydrogens (tertiary/aromatic N) is 1. The topological polar surface area (TPSA) is 33.0 Å². The zero-order valence-electron chi connectivity index (χ0n) is 10.2. The van der Waals surface area contributed by atoms with Crippen LogP contribution >= 0.6 is 0 Å². The first-order chi connectivity index (χ1) is 9.81. The van der Waals surface area contributed by atoms with Gasteiger partial charge in [0.15, 0.2) is 11.6 Å². The fourth-order valence-corrected chi connectivity index (χ4v) is 1.61. The van der Waals surface area contributed by atoms with E-state index in [2.05, 4.69) is 0 Å². The fraction of sp³-hybridized carbons (Fsp3) is 0.0714. The molecule has 0 fully saturated rings. The number of rotatable bonds is 2. The van der Waals surface area contributed by atoms with E-state index in [1.54, 1.807) is 0 Å². The van der Waals surface area contributed by atoms with E-state index in [0.717, 1.165) is 24.3 Å². The first kappa shape index (κ1) is 14.8. The predicted octanol–water partition coefficient (Wildman–Crippen LogP) is 4.65. The largest absolute Gasteiger partial charge is 0.454 e. The van der Waals surface area contributed by atoms with E-state index < -0.39 is 28.9 Å². The van der Waals surface area contributed by atoms with E-state index in [1.807, 2.05) is 0 Å². The molecule has 2 nitrogen and oxygen atoms in total. The highest BCUT2D eigenvalue weighted by Gasteiger charge is 2.33. The molecule has 7 heteroatoms. The van der Waals surface area contributed by atoms with Gasteiger partial charge in [0.2, 0.25) is 0 Å². The quantitative estimate of drug-likeness (QED) is 0.756. The zero-order chi connectivity index (χ0) is 15.6. The molecule has 0 saturated carbocycles. The van der Waals surface area contributed by atoms with Gasteiger partial charge in [0.05, 0.1) is 17.2 Å². The van der Waals surface area contributed by atoms with Gasteiger partial charge in [-0.3, -0.25) is 0 Å². The number of benzene rings is 2. The van der Waals surface area contributed by atoms with Gasteiger partial charge in [-0.15, -0.1) is 0 Å². The molecule has 21 heavy (non-hydrogen) atoms. The molecular formula is C14H6F5NO. The Bertz CT molecular complexity index is 718. The van der Waals surface area contributed by atoms with Crippen molar-refractivity contribution in [2.45, 2.75) is 6.18 Å². The number of nitriles is 1. The lowest BCUT2D eigenvalue weighted by Crippen LogP contribution is -2.07. The van der Waals surface area contributed by atoms with Gasteiger partial charge in [-0.25, -0.2) is 8.78 Å². The third-order valence-corrected chi connectivity index (χ3v) is 2.54. The molecule has 0 aliphatic heterocycles. The molecule has 2 aromatic rings. The van der Waals surface area contributed by atoms with E-state index in [-0.39, 0.29) is 11.5 Å². The number of hydrogen-bond donors (Lipinski definition) is 0. The molecule has 0 unspecified atom stereocenters. The molecule has 0 amide bonds. The van der Waals surface area contributed by atoms with E-state index in [9.17, 15) is 22.0 Å². The first-order valence-corrected chi connectivity index (χ1v) is 5.55. The Balaban J connectivity index is 2.36. The van der Waals surface area contributed by atoms with Crippen molar-refractivity contribution in [3.05, 3.63) is 59.2 Å². The molecule has 0 aliphatic rings. The van der Waals surface area contributed by atoms with Crippen molar-refractivity contribution >= 4 is 0 Å². The van der Waals surface area contributed by atoms with Crippen molar-refractivity contribution in [3.8, 4) is 17.6 Å². The van der Waals surface area contributed by atoms with Crippen molar-refractivity contribution < 1.29 is 26.7 Å². The SMILES string of the molecule is N#Cc1cc(Oc2ccc(F)cc2F)ccc1C(F)(F)F. The summed E-state index contributed by atoms with van der Waals surface area (Å²) >= 11 is 0. The predicted molar refractivity (Wildman–Crippen MR) is 62.6 cm³/mol. The Kier molecular flexibility index (Phi) is 3.80. The molecule has 0 aromatic heterocycles. The minimum Gasteiger partial charge on any atom is -0.454 e. The lowest BCUT2D eigenvalue weighted by Gasteiger charge is -2.11. The lowest BCUT2D eigenvalue weighted by molar-refractivity contribution is -0.137. The Labute approximate surface area is 116 Å². The van der Waals surface area contributed by atoms with Crippen LogP contribution in [-0.4, -0.2) is 0 Å². The van der Waals surface area contributed by atoms with Crippen LogP contribution < -0.4 is 4.74 Å². The summed E-state index contributed by atoms with van der Waals surface area (Å²) in [6.07, 6.45) is -4.68. The molecular weight excluding hydrogens is 293 g/mol. The maximum Gasteiger partial charge on any atom is 0.417 e. The second-order valence-electron chi connectivity index (χ2n) is 3.99. The van der Waals surface area contributed by atoms with Gasteiger partial charge in [0.1, 0.15) is 11.6 Å². The van der Waals surface area contributed by atoms with Crippen molar-refractivity contribution in [1.82, 2.24) is 0 Å². The standard InChI is InChI=1S/C14H6F5NO/c15-9-1-4-13(12(16)6-9)21-10-2-3-11(14(17,18)19)8(5-10)7-20/h1-6H. The van der Waals surface area contributed by atoms with Crippen LogP contribution in [-0.2, 0) is 6.18 Å². The van der Waals surface area contributed by atoms with Gasteiger partial charge in [-0.05, 0) is 30.3 Å². The molecule has 0 aliphatic carbocycles. The fourth-order valence-electron chi connectivity index (χ4n) is 1.61. The third kappa shape index (κ3) is 3.28. The van der Waals surface area contributed by atoms with Crippen LogP contribution in [0.15, 0.2) is 36.4 Å². The normalized spacial score (nSPS) is 11.0. The number of alkyl halides is 3. The van der Waals surface area contributed by atoms with Gasteiger partial charge in [0, 0.05) is 6.07 Å². The zero-order valence-corrected chi connectivity index (χ0v) is 10.2. The van der Waals surface area contributed by atoms with Crippen molar-refractivity contribution in [1.29, 1.82) is 5.26 Å². The second kappa shape index (κ2) is 5.40. The molecule has 108 valence electrons. The van der Waals surface area contributed by atoms with Crippen LogP contribution in [0.25, 0.3) is 0 Å². The maximum absolute atomic E-state index is 13.4. The van der Waals surface area contributed by atoms with Crippen LogP contribution in [0.5, 0.6) is 11.5 Å². The molecule has 0 spiro atoms. The van der Waals surface area contributed by atoms with Gasteiger partial charge in [-0.1, -0.05) is 0 Å². The van der Waals surface area contributed by atoms with Crippen molar-refractivity contribution in [3.63, 3.8) is 0 Å². The van der Waals surface area contributed by atoms with Crippen LogP contribution in [0.3, 0.4) is 0 Å². The molecule has 0 atom stereocenters. The Morgan fingerprint density at radius 1 is 1.00 bits per heavy atom. The molecule has 0 bridgehead atoms. The van der Waals surface area contributed by atoms with Crippen LogP contribution in [0, 0.1) is 23.0 Å². The van der Waals surface area contributed by atoms with Gasteiger partial charge in [-0.2, -0.15) is 18.4 Å². The monoisotopic (exact) mass is 299 g/mol. The second-order valence-corrected chi connectivity index (χ2v) is 3.99. The van der Waals surface area contributed by atoms with E-state index in [0.29, 0.717) is 12.1 Å². The molecule has 0 N–H and O–H groups in total. The molecule has 0 heterocycles. The smallest absolute Gasteiger partial charge is 0.417 e. The van der Waals surface area contributed by atoms with Crippen molar-refractivity contribution in [2.75, 3.05) is 0 Å². The van der Waals surface area contributed by atoms with Gasteiger partial charge >= 0.3 is 6.18 Å². The highest BCUT2D eigenvalue weighted by Crippen LogP contribution is 2.34. The summed E-state index contributed by atoms with van der Waals surface area (Å²) in [6.45, 7) is 0. The minimum absolute atomic E-state index is 0.162. The minimum atomic E-state index is -4.68. The first-order valence-electron chi connectivity index (χ1n) is 5.55. The van der Waals surface area contributed by atoms with E-state index in [4.69, 9.17) is 10.00 Å². The lowest BCUT2D eigenvalue weighted by atomic mass is 10.1. The summed E-state index contributed by atoms with van der Waals surface area (Å²) in [4.78, 5) is 0.